The van der Waals surface area contributed by atoms with Gasteiger partial charge in [0.05, 0.1) is 23.6 Å². The molecule has 0 bridgehead atoms. The zero-order chi connectivity index (χ0) is 20.1. The highest BCUT2D eigenvalue weighted by Gasteiger charge is 2.18. The Kier molecular flexibility index (Phi) is 6.30. The normalized spacial score (nSPS) is 11.0. The molecule has 0 saturated carbocycles. The van der Waals surface area contributed by atoms with Gasteiger partial charge in [0.2, 0.25) is 0 Å². The minimum atomic E-state index is -0.283. The van der Waals surface area contributed by atoms with Crippen LogP contribution in [0.1, 0.15) is 61.1 Å². The summed E-state index contributed by atoms with van der Waals surface area (Å²) in [5.74, 6) is 0.142. The lowest BCUT2D eigenvalue weighted by molar-refractivity contribution is 0.0527. The van der Waals surface area contributed by atoms with Crippen molar-refractivity contribution in [3.05, 3.63) is 71.5 Å². The molecule has 0 unspecified atom stereocenters. The number of carbonyl (C=O) groups is 1. The molecular formula is C24H28N2O2. The van der Waals surface area contributed by atoms with Crippen molar-refractivity contribution in [2.45, 2.75) is 46.5 Å². The molecule has 1 heterocycles. The summed E-state index contributed by atoms with van der Waals surface area (Å²) in [7, 11) is 0. The van der Waals surface area contributed by atoms with E-state index in [-0.39, 0.29) is 5.97 Å². The van der Waals surface area contributed by atoms with Gasteiger partial charge in [-0.2, -0.15) is 5.10 Å². The molecule has 0 radical (unpaired) electrons. The quantitative estimate of drug-likeness (QED) is 0.480. The van der Waals surface area contributed by atoms with Gasteiger partial charge in [0.25, 0.3) is 0 Å². The van der Waals surface area contributed by atoms with E-state index in [4.69, 9.17) is 4.74 Å². The van der Waals surface area contributed by atoms with Crippen molar-refractivity contribution in [2.75, 3.05) is 6.61 Å². The first kappa shape index (κ1) is 19.9. The van der Waals surface area contributed by atoms with Crippen LogP contribution in [0, 0.1) is 6.92 Å². The lowest BCUT2D eigenvalue weighted by Crippen LogP contribution is -2.08. The average molecular weight is 377 g/mol. The molecule has 0 fully saturated rings. The number of esters is 1. The summed E-state index contributed by atoms with van der Waals surface area (Å²) >= 11 is 0. The molecule has 3 rings (SSSR count). The van der Waals surface area contributed by atoms with Gasteiger partial charge in [-0.15, -0.1) is 0 Å². The monoisotopic (exact) mass is 376 g/mol. The highest BCUT2D eigenvalue weighted by atomic mass is 16.5. The standard InChI is InChI=1S/C24H28N2O2/c1-5-18(6-2)22-16-19(12-13-23(22)26-15-14-17(4)25-26)20-10-8-9-11-21(20)24(27)28-7-3/h8-16,18H,5-7H2,1-4H3. The van der Waals surface area contributed by atoms with Gasteiger partial charge in [0.15, 0.2) is 0 Å². The maximum atomic E-state index is 12.4. The van der Waals surface area contributed by atoms with E-state index in [1.807, 2.05) is 55.1 Å². The van der Waals surface area contributed by atoms with E-state index < -0.39 is 0 Å². The van der Waals surface area contributed by atoms with E-state index in [0.29, 0.717) is 18.1 Å². The predicted octanol–water partition coefficient (Wildman–Crippen LogP) is 5.93. The van der Waals surface area contributed by atoms with Crippen LogP contribution in [-0.4, -0.2) is 22.4 Å². The third-order valence-corrected chi connectivity index (χ3v) is 5.16. The van der Waals surface area contributed by atoms with Gasteiger partial charge in [0, 0.05) is 6.20 Å². The lowest BCUT2D eigenvalue weighted by Gasteiger charge is -2.20. The first-order valence-corrected chi connectivity index (χ1v) is 10.0. The zero-order valence-electron chi connectivity index (χ0n) is 17.1. The average Bonchev–Trinajstić information content (AvgIpc) is 3.15. The number of hydrogen-bond acceptors (Lipinski definition) is 3. The van der Waals surface area contributed by atoms with E-state index in [1.165, 1.54) is 5.56 Å². The van der Waals surface area contributed by atoms with Crippen molar-refractivity contribution in [3.63, 3.8) is 0 Å². The second-order valence-electron chi connectivity index (χ2n) is 6.95. The third kappa shape index (κ3) is 4.01. The van der Waals surface area contributed by atoms with Crippen molar-refractivity contribution >= 4 is 5.97 Å². The van der Waals surface area contributed by atoms with Crippen molar-refractivity contribution < 1.29 is 9.53 Å². The maximum Gasteiger partial charge on any atom is 0.338 e. The van der Waals surface area contributed by atoms with E-state index >= 15 is 0 Å². The molecule has 146 valence electrons. The Balaban J connectivity index is 2.14. The van der Waals surface area contributed by atoms with Crippen LogP contribution in [0.4, 0.5) is 0 Å². The Morgan fingerprint density at radius 2 is 1.82 bits per heavy atom. The fourth-order valence-electron chi connectivity index (χ4n) is 3.66. The van der Waals surface area contributed by atoms with E-state index in [0.717, 1.165) is 35.3 Å². The number of benzene rings is 2. The van der Waals surface area contributed by atoms with E-state index in [1.54, 1.807) is 0 Å². The van der Waals surface area contributed by atoms with Crippen LogP contribution in [0.25, 0.3) is 16.8 Å². The summed E-state index contributed by atoms with van der Waals surface area (Å²) in [6.07, 6.45) is 4.10. The van der Waals surface area contributed by atoms with Gasteiger partial charge in [-0.25, -0.2) is 9.48 Å². The molecule has 0 spiro atoms. The summed E-state index contributed by atoms with van der Waals surface area (Å²) in [5.41, 5.74) is 5.87. The number of ether oxygens (including phenoxy) is 1. The third-order valence-electron chi connectivity index (χ3n) is 5.16. The van der Waals surface area contributed by atoms with Gasteiger partial charge in [-0.1, -0.05) is 38.1 Å². The molecule has 1 aromatic heterocycles. The van der Waals surface area contributed by atoms with Crippen LogP contribution in [0.3, 0.4) is 0 Å². The van der Waals surface area contributed by atoms with Gasteiger partial charge >= 0.3 is 5.97 Å². The van der Waals surface area contributed by atoms with Crippen LogP contribution >= 0.6 is 0 Å². The van der Waals surface area contributed by atoms with Crippen molar-refractivity contribution in [3.8, 4) is 16.8 Å². The summed E-state index contributed by atoms with van der Waals surface area (Å²) in [5, 5.41) is 4.61. The Morgan fingerprint density at radius 3 is 2.46 bits per heavy atom. The van der Waals surface area contributed by atoms with Crippen LogP contribution in [0.15, 0.2) is 54.7 Å². The van der Waals surface area contributed by atoms with Gasteiger partial charge in [-0.05, 0) is 73.6 Å². The lowest BCUT2D eigenvalue weighted by atomic mass is 9.89. The van der Waals surface area contributed by atoms with Gasteiger partial charge < -0.3 is 4.74 Å². The second-order valence-corrected chi connectivity index (χ2v) is 6.95. The highest BCUT2D eigenvalue weighted by molar-refractivity contribution is 5.97. The Morgan fingerprint density at radius 1 is 1.07 bits per heavy atom. The number of hydrogen-bond donors (Lipinski definition) is 0. The fourth-order valence-corrected chi connectivity index (χ4v) is 3.66. The molecule has 0 atom stereocenters. The first-order chi connectivity index (χ1) is 13.6. The van der Waals surface area contributed by atoms with Crippen molar-refractivity contribution in [1.82, 2.24) is 9.78 Å². The van der Waals surface area contributed by atoms with Crippen LogP contribution < -0.4 is 0 Å². The maximum absolute atomic E-state index is 12.4. The molecule has 0 aliphatic rings. The number of aromatic nitrogens is 2. The number of nitrogens with zero attached hydrogens (tertiary/aromatic N) is 2. The molecule has 0 saturated heterocycles. The van der Waals surface area contributed by atoms with Gasteiger partial charge in [-0.3, -0.25) is 0 Å². The van der Waals surface area contributed by atoms with Crippen LogP contribution in [0.2, 0.25) is 0 Å². The van der Waals surface area contributed by atoms with Crippen molar-refractivity contribution in [2.24, 2.45) is 0 Å². The molecular weight excluding hydrogens is 348 g/mol. The molecule has 4 heteroatoms. The Hall–Kier alpha value is -2.88. The molecule has 0 N–H and O–H groups in total. The molecule has 28 heavy (non-hydrogen) atoms. The molecule has 0 aliphatic carbocycles. The molecule has 0 amide bonds. The minimum Gasteiger partial charge on any atom is -0.462 e. The molecule has 3 aromatic rings. The van der Waals surface area contributed by atoms with Gasteiger partial charge in [0.1, 0.15) is 0 Å². The minimum absolute atomic E-state index is 0.283. The zero-order valence-corrected chi connectivity index (χ0v) is 17.1. The predicted molar refractivity (Wildman–Crippen MR) is 113 cm³/mol. The number of aryl methyl sites for hydroxylation is 1. The Bertz CT molecular complexity index is 955. The summed E-state index contributed by atoms with van der Waals surface area (Å²) < 4.78 is 7.20. The smallest absolute Gasteiger partial charge is 0.338 e. The number of carbonyl (C=O) groups excluding carboxylic acids is 1. The topological polar surface area (TPSA) is 44.1 Å². The largest absolute Gasteiger partial charge is 0.462 e. The van der Waals surface area contributed by atoms with E-state index in [9.17, 15) is 4.79 Å². The SMILES string of the molecule is CCOC(=O)c1ccccc1-c1ccc(-n2ccc(C)n2)c(C(CC)CC)c1. The van der Waals surface area contributed by atoms with Crippen molar-refractivity contribution in [1.29, 1.82) is 0 Å². The Labute approximate surface area is 167 Å². The van der Waals surface area contributed by atoms with Crippen LogP contribution in [-0.2, 0) is 4.74 Å². The molecule has 2 aromatic carbocycles. The molecule has 0 aliphatic heterocycles. The molecule has 4 nitrogen and oxygen atoms in total. The second kappa shape index (κ2) is 8.87. The highest BCUT2D eigenvalue weighted by Crippen LogP contribution is 2.34. The fraction of sp³-hybridized carbons (Fsp3) is 0.333. The summed E-state index contributed by atoms with van der Waals surface area (Å²) in [6.45, 7) is 8.62. The van der Waals surface area contributed by atoms with Crippen LogP contribution in [0.5, 0.6) is 0 Å². The first-order valence-electron chi connectivity index (χ1n) is 10.0. The number of rotatable bonds is 7. The van der Waals surface area contributed by atoms with E-state index in [2.05, 4.69) is 37.1 Å². The summed E-state index contributed by atoms with van der Waals surface area (Å²) in [4.78, 5) is 12.4. The summed E-state index contributed by atoms with van der Waals surface area (Å²) in [6, 6.07) is 16.0.